The summed E-state index contributed by atoms with van der Waals surface area (Å²) < 4.78 is 13.7. The number of para-hydroxylation sites is 1. The fourth-order valence-electron chi connectivity index (χ4n) is 3.70. The lowest BCUT2D eigenvalue weighted by Gasteiger charge is -2.14. The summed E-state index contributed by atoms with van der Waals surface area (Å²) in [4.78, 5) is 12.5. The monoisotopic (exact) mass is 480 g/mol. The smallest absolute Gasteiger partial charge is 0.234 e. The third-order valence-electron chi connectivity index (χ3n) is 5.37. The zero-order chi connectivity index (χ0) is 23.9. The lowest BCUT2D eigenvalue weighted by Crippen LogP contribution is -2.14. The Labute approximate surface area is 208 Å². The predicted octanol–water partition coefficient (Wildman–Crippen LogP) is 7.05. The van der Waals surface area contributed by atoms with E-state index in [1.807, 2.05) is 109 Å². The van der Waals surface area contributed by atoms with Crippen LogP contribution in [0.4, 0.5) is 5.69 Å². The Balaban J connectivity index is 1.34. The van der Waals surface area contributed by atoms with Gasteiger partial charge < -0.3 is 19.0 Å². The normalized spacial score (nSPS) is 10.7. The number of rotatable bonds is 9. The summed E-state index contributed by atoms with van der Waals surface area (Å²) in [7, 11) is 0. The van der Waals surface area contributed by atoms with Crippen LogP contribution in [0, 0.1) is 0 Å². The van der Waals surface area contributed by atoms with Crippen LogP contribution in [0.3, 0.4) is 0 Å². The highest BCUT2D eigenvalue weighted by Gasteiger charge is 2.16. The summed E-state index contributed by atoms with van der Waals surface area (Å²) in [5, 5.41) is 3.88. The van der Waals surface area contributed by atoms with Crippen molar-refractivity contribution < 1.29 is 13.9 Å². The maximum atomic E-state index is 12.5. The molecular weight excluding hydrogens is 456 g/mol. The van der Waals surface area contributed by atoms with Crippen molar-refractivity contribution in [1.29, 1.82) is 0 Å². The second-order valence-corrected chi connectivity index (χ2v) is 8.84. The van der Waals surface area contributed by atoms with Crippen molar-refractivity contribution in [3.63, 3.8) is 0 Å². The molecule has 35 heavy (non-hydrogen) atoms. The Morgan fingerprint density at radius 3 is 2.29 bits per heavy atom. The van der Waals surface area contributed by atoms with Crippen LogP contribution in [0.2, 0.25) is 0 Å². The molecule has 6 heteroatoms. The molecule has 0 aliphatic rings. The van der Waals surface area contributed by atoms with Crippen LogP contribution in [0.1, 0.15) is 5.56 Å². The number of benzene rings is 3. The molecule has 2 aromatic heterocycles. The molecule has 5 nitrogen and oxygen atoms in total. The van der Waals surface area contributed by atoms with Crippen molar-refractivity contribution in [3.05, 3.63) is 121 Å². The standard InChI is InChI=1S/C29H24N2O3S/c32-28(30-23-10-5-2-6-11-23)21-35-29-18-17-26(27-12-7-19-33-27)31(29)24-13-15-25(16-14-24)34-20-22-8-3-1-4-9-22/h1-19H,20-21H2,(H,30,32). The highest BCUT2D eigenvalue weighted by Crippen LogP contribution is 2.33. The van der Waals surface area contributed by atoms with Crippen LogP contribution >= 0.6 is 11.8 Å². The topological polar surface area (TPSA) is 56.4 Å². The Morgan fingerprint density at radius 2 is 1.57 bits per heavy atom. The van der Waals surface area contributed by atoms with Crippen molar-refractivity contribution in [3.8, 4) is 22.9 Å². The fraction of sp³-hybridized carbons (Fsp3) is 0.0690. The summed E-state index contributed by atoms with van der Waals surface area (Å²) in [6.07, 6.45) is 1.66. The van der Waals surface area contributed by atoms with Gasteiger partial charge in [0.1, 0.15) is 12.4 Å². The molecule has 2 heterocycles. The minimum Gasteiger partial charge on any atom is -0.489 e. The Kier molecular flexibility index (Phi) is 7.01. The number of hydrogen-bond acceptors (Lipinski definition) is 4. The van der Waals surface area contributed by atoms with Gasteiger partial charge in [-0.05, 0) is 66.2 Å². The molecule has 0 aliphatic carbocycles. The summed E-state index contributed by atoms with van der Waals surface area (Å²) in [5.74, 6) is 1.78. The van der Waals surface area contributed by atoms with Crippen molar-refractivity contribution in [1.82, 2.24) is 4.57 Å². The van der Waals surface area contributed by atoms with Gasteiger partial charge in [0.2, 0.25) is 5.91 Å². The lowest BCUT2D eigenvalue weighted by molar-refractivity contribution is -0.113. The van der Waals surface area contributed by atoms with Gasteiger partial charge in [-0.2, -0.15) is 0 Å². The number of amides is 1. The van der Waals surface area contributed by atoms with Crippen LogP contribution in [0.5, 0.6) is 5.75 Å². The minimum atomic E-state index is -0.0573. The number of aromatic nitrogens is 1. The first-order valence-corrected chi connectivity index (χ1v) is 12.3. The van der Waals surface area contributed by atoms with Crippen LogP contribution in [-0.4, -0.2) is 16.2 Å². The molecule has 174 valence electrons. The first-order chi connectivity index (χ1) is 17.3. The van der Waals surface area contributed by atoms with Gasteiger partial charge in [0.15, 0.2) is 5.76 Å². The highest BCUT2D eigenvalue weighted by molar-refractivity contribution is 7.99. The number of hydrogen-bond donors (Lipinski definition) is 1. The molecular formula is C29H24N2O3S. The van der Waals surface area contributed by atoms with Gasteiger partial charge in [-0.25, -0.2) is 0 Å². The van der Waals surface area contributed by atoms with Crippen LogP contribution < -0.4 is 10.1 Å². The summed E-state index contributed by atoms with van der Waals surface area (Å²) >= 11 is 1.48. The van der Waals surface area contributed by atoms with E-state index in [0.717, 1.165) is 39.2 Å². The summed E-state index contributed by atoms with van der Waals surface area (Å²) in [5.41, 5.74) is 3.78. The number of nitrogens with zero attached hydrogens (tertiary/aromatic N) is 1. The molecule has 0 spiro atoms. The predicted molar refractivity (Wildman–Crippen MR) is 140 cm³/mol. The molecule has 1 amide bonds. The number of carbonyl (C=O) groups excluding carboxylic acids is 1. The third-order valence-corrected chi connectivity index (χ3v) is 6.39. The molecule has 0 fully saturated rings. The van der Waals surface area contributed by atoms with Gasteiger partial charge in [0, 0.05) is 11.4 Å². The number of carbonyl (C=O) groups is 1. The zero-order valence-electron chi connectivity index (χ0n) is 19.0. The third kappa shape index (κ3) is 5.67. The van der Waals surface area contributed by atoms with Gasteiger partial charge in [-0.3, -0.25) is 4.79 Å². The van der Waals surface area contributed by atoms with E-state index in [4.69, 9.17) is 9.15 Å². The van der Waals surface area contributed by atoms with Gasteiger partial charge in [-0.1, -0.05) is 60.3 Å². The van der Waals surface area contributed by atoms with E-state index in [0.29, 0.717) is 6.61 Å². The van der Waals surface area contributed by atoms with E-state index in [2.05, 4.69) is 9.88 Å². The highest BCUT2D eigenvalue weighted by atomic mass is 32.2. The van der Waals surface area contributed by atoms with E-state index in [1.165, 1.54) is 11.8 Å². The first-order valence-electron chi connectivity index (χ1n) is 11.3. The Bertz CT molecular complexity index is 1360. The Morgan fingerprint density at radius 1 is 0.829 bits per heavy atom. The largest absolute Gasteiger partial charge is 0.489 e. The van der Waals surface area contributed by atoms with E-state index < -0.39 is 0 Å². The van der Waals surface area contributed by atoms with Gasteiger partial charge >= 0.3 is 0 Å². The summed E-state index contributed by atoms with van der Waals surface area (Å²) in [6, 6.07) is 35.3. The molecule has 0 saturated carbocycles. The number of anilines is 1. The van der Waals surface area contributed by atoms with Crippen LogP contribution in [0.25, 0.3) is 17.1 Å². The maximum absolute atomic E-state index is 12.5. The van der Waals surface area contributed by atoms with Crippen molar-refractivity contribution in [2.75, 3.05) is 11.1 Å². The molecule has 0 bridgehead atoms. The van der Waals surface area contributed by atoms with E-state index in [9.17, 15) is 4.79 Å². The summed E-state index contributed by atoms with van der Waals surface area (Å²) in [6.45, 7) is 0.513. The molecule has 0 unspecified atom stereocenters. The first kappa shape index (κ1) is 22.6. The van der Waals surface area contributed by atoms with Crippen molar-refractivity contribution in [2.45, 2.75) is 11.6 Å². The average molecular weight is 481 g/mol. The van der Waals surface area contributed by atoms with E-state index >= 15 is 0 Å². The number of nitrogens with one attached hydrogen (secondary N) is 1. The molecule has 0 radical (unpaired) electrons. The molecule has 0 atom stereocenters. The van der Waals surface area contributed by atoms with Crippen molar-refractivity contribution in [2.24, 2.45) is 0 Å². The molecule has 0 saturated heterocycles. The zero-order valence-corrected chi connectivity index (χ0v) is 19.8. The van der Waals surface area contributed by atoms with Gasteiger partial charge in [0.25, 0.3) is 0 Å². The average Bonchev–Trinajstić information content (AvgIpc) is 3.58. The van der Waals surface area contributed by atoms with Gasteiger partial charge in [-0.15, -0.1) is 0 Å². The molecule has 5 rings (SSSR count). The lowest BCUT2D eigenvalue weighted by atomic mass is 10.2. The van der Waals surface area contributed by atoms with Crippen LogP contribution in [-0.2, 0) is 11.4 Å². The number of ether oxygens (including phenoxy) is 1. The van der Waals surface area contributed by atoms with E-state index in [1.54, 1.807) is 6.26 Å². The fourth-order valence-corrected chi connectivity index (χ4v) is 4.55. The van der Waals surface area contributed by atoms with Gasteiger partial charge in [0.05, 0.1) is 22.7 Å². The van der Waals surface area contributed by atoms with E-state index in [-0.39, 0.29) is 11.7 Å². The molecule has 1 N–H and O–H groups in total. The Hall–Kier alpha value is -4.16. The van der Waals surface area contributed by atoms with Crippen LogP contribution in [0.15, 0.2) is 125 Å². The maximum Gasteiger partial charge on any atom is 0.234 e. The molecule has 0 aliphatic heterocycles. The molecule has 3 aromatic carbocycles. The second-order valence-electron chi connectivity index (χ2n) is 7.84. The number of furan rings is 1. The SMILES string of the molecule is O=C(CSc1ccc(-c2ccco2)n1-c1ccc(OCc2ccccc2)cc1)Nc1ccccc1. The minimum absolute atomic E-state index is 0.0573. The molecule has 5 aromatic rings. The number of thioether (sulfide) groups is 1. The van der Waals surface area contributed by atoms with Crippen molar-refractivity contribution >= 4 is 23.4 Å². The second kappa shape index (κ2) is 10.8. The quantitative estimate of drug-likeness (QED) is 0.230.